The molecule has 1 aliphatic carbocycles. The normalized spacial score (nSPS) is 16.7. The zero-order chi connectivity index (χ0) is 14.8. The van der Waals surface area contributed by atoms with E-state index in [1.54, 1.807) is 12.1 Å². The molecule has 0 aliphatic heterocycles. The van der Waals surface area contributed by atoms with Crippen molar-refractivity contribution in [2.45, 2.75) is 50.1 Å². The van der Waals surface area contributed by atoms with Crippen LogP contribution in [0.3, 0.4) is 0 Å². The number of sulfonamides is 1. The second kappa shape index (κ2) is 5.93. The van der Waals surface area contributed by atoms with Crippen molar-refractivity contribution in [3.05, 3.63) is 29.8 Å². The maximum absolute atomic E-state index is 12.0. The van der Waals surface area contributed by atoms with Crippen LogP contribution in [-0.2, 0) is 10.0 Å². The van der Waals surface area contributed by atoms with Crippen molar-refractivity contribution in [3.63, 3.8) is 0 Å². The zero-order valence-electron chi connectivity index (χ0n) is 11.7. The van der Waals surface area contributed by atoms with Gasteiger partial charge in [0.05, 0.1) is 4.90 Å². The summed E-state index contributed by atoms with van der Waals surface area (Å²) in [6.07, 6.45) is 2.65. The Bertz CT molecular complexity index is 577. The van der Waals surface area contributed by atoms with Gasteiger partial charge >= 0.3 is 0 Å². The molecular weight excluding hydrogens is 276 g/mol. The van der Waals surface area contributed by atoms with Crippen LogP contribution < -0.4 is 10.0 Å². The van der Waals surface area contributed by atoms with E-state index in [2.05, 4.69) is 10.0 Å². The highest BCUT2D eigenvalue weighted by atomic mass is 32.2. The van der Waals surface area contributed by atoms with Crippen LogP contribution in [0.5, 0.6) is 0 Å². The number of hydrogen-bond donors (Lipinski definition) is 2. The molecule has 1 amide bonds. The summed E-state index contributed by atoms with van der Waals surface area (Å²) in [6, 6.07) is 6.20. The van der Waals surface area contributed by atoms with E-state index in [0.29, 0.717) is 5.56 Å². The van der Waals surface area contributed by atoms with Crippen molar-refractivity contribution in [2.24, 2.45) is 0 Å². The Balaban J connectivity index is 2.07. The molecule has 0 spiro atoms. The Hall–Kier alpha value is -1.40. The minimum absolute atomic E-state index is 0.0772. The summed E-state index contributed by atoms with van der Waals surface area (Å²) in [7, 11) is -3.45. The molecule has 5 nitrogen and oxygen atoms in total. The van der Waals surface area contributed by atoms with E-state index in [-0.39, 0.29) is 22.9 Å². The van der Waals surface area contributed by atoms with Gasteiger partial charge in [-0.3, -0.25) is 4.79 Å². The van der Waals surface area contributed by atoms with Gasteiger partial charge in [-0.2, -0.15) is 0 Å². The number of carbonyl (C=O) groups is 1. The fourth-order valence-electron chi connectivity index (χ4n) is 1.68. The third-order valence-electron chi connectivity index (χ3n) is 3.32. The molecule has 1 saturated carbocycles. The van der Waals surface area contributed by atoms with Gasteiger partial charge in [0.1, 0.15) is 0 Å². The van der Waals surface area contributed by atoms with Gasteiger partial charge in [0.2, 0.25) is 10.0 Å². The molecule has 1 aliphatic rings. The van der Waals surface area contributed by atoms with Gasteiger partial charge < -0.3 is 5.32 Å². The van der Waals surface area contributed by atoms with Crippen molar-refractivity contribution >= 4 is 15.9 Å². The van der Waals surface area contributed by atoms with Gasteiger partial charge in [-0.05, 0) is 50.5 Å². The number of amides is 1. The van der Waals surface area contributed by atoms with Crippen LogP contribution in [0.15, 0.2) is 29.2 Å². The molecule has 1 aromatic rings. The molecule has 2 N–H and O–H groups in total. The van der Waals surface area contributed by atoms with Crippen LogP contribution in [0.4, 0.5) is 0 Å². The van der Waals surface area contributed by atoms with E-state index in [1.165, 1.54) is 12.1 Å². The summed E-state index contributed by atoms with van der Waals surface area (Å²) in [4.78, 5) is 12.1. The van der Waals surface area contributed by atoms with Crippen LogP contribution in [0.2, 0.25) is 0 Å². The first kappa shape index (κ1) is 15.0. The SMILES string of the molecule is CCC(C)NC(=O)c1ccc(S(=O)(=O)NC2CC2)cc1. The van der Waals surface area contributed by atoms with Gasteiger partial charge in [-0.1, -0.05) is 6.92 Å². The molecule has 1 fully saturated rings. The smallest absolute Gasteiger partial charge is 0.251 e. The summed E-state index contributed by atoms with van der Waals surface area (Å²) < 4.78 is 26.6. The Labute approximate surface area is 119 Å². The molecule has 0 aromatic heterocycles. The van der Waals surface area contributed by atoms with Gasteiger partial charge in [-0.15, -0.1) is 0 Å². The van der Waals surface area contributed by atoms with Crippen molar-refractivity contribution in [3.8, 4) is 0 Å². The Morgan fingerprint density at radius 2 is 1.90 bits per heavy atom. The van der Waals surface area contributed by atoms with Crippen molar-refractivity contribution < 1.29 is 13.2 Å². The van der Waals surface area contributed by atoms with Crippen LogP contribution in [0.1, 0.15) is 43.5 Å². The van der Waals surface area contributed by atoms with Crippen molar-refractivity contribution in [1.29, 1.82) is 0 Å². The minimum Gasteiger partial charge on any atom is -0.350 e. The van der Waals surface area contributed by atoms with Gasteiger partial charge in [0, 0.05) is 17.6 Å². The summed E-state index contributed by atoms with van der Waals surface area (Å²) in [6.45, 7) is 3.92. The van der Waals surface area contributed by atoms with Gasteiger partial charge in [0.15, 0.2) is 0 Å². The lowest BCUT2D eigenvalue weighted by Crippen LogP contribution is -2.32. The molecule has 1 aromatic carbocycles. The fraction of sp³-hybridized carbons (Fsp3) is 0.500. The highest BCUT2D eigenvalue weighted by Gasteiger charge is 2.27. The highest BCUT2D eigenvalue weighted by Crippen LogP contribution is 2.22. The molecule has 110 valence electrons. The minimum atomic E-state index is -3.45. The average Bonchev–Trinajstić information content (AvgIpc) is 3.22. The van der Waals surface area contributed by atoms with Crippen LogP contribution in [0.25, 0.3) is 0 Å². The summed E-state index contributed by atoms with van der Waals surface area (Å²) >= 11 is 0. The number of rotatable bonds is 6. The zero-order valence-corrected chi connectivity index (χ0v) is 12.5. The van der Waals surface area contributed by atoms with Crippen LogP contribution in [0, 0.1) is 0 Å². The monoisotopic (exact) mass is 296 g/mol. The van der Waals surface area contributed by atoms with E-state index in [0.717, 1.165) is 19.3 Å². The summed E-state index contributed by atoms with van der Waals surface area (Å²) in [5, 5.41) is 2.84. The van der Waals surface area contributed by atoms with E-state index >= 15 is 0 Å². The number of hydrogen-bond acceptors (Lipinski definition) is 3. The number of carbonyl (C=O) groups excluding carboxylic acids is 1. The van der Waals surface area contributed by atoms with Gasteiger partial charge in [-0.25, -0.2) is 13.1 Å². The Kier molecular flexibility index (Phi) is 4.45. The van der Waals surface area contributed by atoms with Crippen molar-refractivity contribution in [1.82, 2.24) is 10.0 Å². The quantitative estimate of drug-likeness (QED) is 0.838. The van der Waals surface area contributed by atoms with Gasteiger partial charge in [0.25, 0.3) is 5.91 Å². The Morgan fingerprint density at radius 1 is 1.30 bits per heavy atom. The van der Waals surface area contributed by atoms with Crippen LogP contribution in [-0.4, -0.2) is 26.4 Å². The maximum Gasteiger partial charge on any atom is 0.251 e. The molecule has 0 bridgehead atoms. The second-order valence-electron chi connectivity index (χ2n) is 5.20. The predicted octanol–water partition coefficient (Wildman–Crippen LogP) is 1.66. The first-order chi connectivity index (χ1) is 9.42. The molecule has 6 heteroatoms. The molecule has 0 radical (unpaired) electrons. The van der Waals surface area contributed by atoms with E-state index in [9.17, 15) is 13.2 Å². The lowest BCUT2D eigenvalue weighted by molar-refractivity contribution is 0.0939. The largest absolute Gasteiger partial charge is 0.350 e. The lowest BCUT2D eigenvalue weighted by atomic mass is 10.2. The number of benzene rings is 1. The summed E-state index contributed by atoms with van der Waals surface area (Å²) in [5.41, 5.74) is 0.468. The topological polar surface area (TPSA) is 75.3 Å². The van der Waals surface area contributed by atoms with E-state index in [1.807, 2.05) is 13.8 Å². The third kappa shape index (κ3) is 3.80. The molecule has 1 unspecified atom stereocenters. The third-order valence-corrected chi connectivity index (χ3v) is 4.85. The Morgan fingerprint density at radius 3 is 2.40 bits per heavy atom. The molecule has 0 saturated heterocycles. The molecule has 20 heavy (non-hydrogen) atoms. The van der Waals surface area contributed by atoms with Crippen LogP contribution >= 0.6 is 0 Å². The maximum atomic E-state index is 12.0. The average molecular weight is 296 g/mol. The van der Waals surface area contributed by atoms with E-state index in [4.69, 9.17) is 0 Å². The molecule has 0 heterocycles. The standard InChI is InChI=1S/C14H20N2O3S/c1-3-10(2)15-14(17)11-4-8-13(9-5-11)20(18,19)16-12-6-7-12/h4-5,8-10,12,16H,3,6-7H2,1-2H3,(H,15,17). The fourth-order valence-corrected chi connectivity index (χ4v) is 2.99. The number of nitrogens with one attached hydrogen (secondary N) is 2. The predicted molar refractivity (Wildman–Crippen MR) is 77.0 cm³/mol. The highest BCUT2D eigenvalue weighted by molar-refractivity contribution is 7.89. The summed E-state index contributed by atoms with van der Waals surface area (Å²) in [5.74, 6) is -0.182. The first-order valence-electron chi connectivity index (χ1n) is 6.85. The van der Waals surface area contributed by atoms with Crippen molar-refractivity contribution in [2.75, 3.05) is 0 Å². The molecule has 1 atom stereocenters. The lowest BCUT2D eigenvalue weighted by Gasteiger charge is -2.11. The molecule has 2 rings (SSSR count). The molecular formula is C14H20N2O3S. The first-order valence-corrected chi connectivity index (χ1v) is 8.34. The second-order valence-corrected chi connectivity index (χ2v) is 6.92. The van der Waals surface area contributed by atoms with E-state index < -0.39 is 10.0 Å².